The molecule has 6 nitrogen and oxygen atoms in total. The largest absolute Gasteiger partial charge is 0.370 e. The van der Waals surface area contributed by atoms with Crippen molar-refractivity contribution in [3.8, 4) is 0 Å². The Morgan fingerprint density at radius 2 is 1.30 bits per heavy atom. The van der Waals surface area contributed by atoms with Crippen molar-refractivity contribution in [3.63, 3.8) is 0 Å². The average Bonchev–Trinajstić information content (AvgIpc) is 2.26. The van der Waals surface area contributed by atoms with Crippen LogP contribution in [0, 0.1) is 5.41 Å². The summed E-state index contributed by atoms with van der Waals surface area (Å²) in [5.74, 6) is -0.868. The van der Waals surface area contributed by atoms with Crippen molar-refractivity contribution >= 4 is 11.8 Å². The van der Waals surface area contributed by atoms with Crippen LogP contribution in [-0.4, -0.2) is 62.9 Å². The quantitative estimate of drug-likeness (QED) is 0.560. The maximum absolute atomic E-state index is 11.9. The molecule has 0 unspecified atom stereocenters. The topological polar surface area (TPSA) is 92.7 Å². The molecule has 0 bridgehead atoms. The van der Waals surface area contributed by atoms with Gasteiger partial charge in [0.25, 0.3) is 0 Å². The summed E-state index contributed by atoms with van der Waals surface area (Å²) < 4.78 is 0. The lowest BCUT2D eigenvalue weighted by Crippen LogP contribution is -2.41. The Hall–Kier alpha value is -1.14. The molecule has 0 atom stereocenters. The van der Waals surface area contributed by atoms with Gasteiger partial charge in [0, 0.05) is 6.42 Å². The van der Waals surface area contributed by atoms with E-state index < -0.39 is 17.2 Å². The zero-order valence-corrected chi connectivity index (χ0v) is 13.3. The first-order valence-corrected chi connectivity index (χ1v) is 7.07. The summed E-state index contributed by atoms with van der Waals surface area (Å²) in [6.07, 6.45) is 2.91. The first-order chi connectivity index (χ1) is 9.19. The van der Waals surface area contributed by atoms with Gasteiger partial charge in [-0.1, -0.05) is 0 Å². The number of carbonyl (C=O) groups excluding carboxylic acids is 2. The third-order valence-electron chi connectivity index (χ3n) is 3.56. The van der Waals surface area contributed by atoms with Gasteiger partial charge in [-0.15, -0.1) is 0 Å². The van der Waals surface area contributed by atoms with E-state index in [1.54, 1.807) is 0 Å². The molecule has 0 aromatic rings. The van der Waals surface area contributed by atoms with Crippen LogP contribution in [0.15, 0.2) is 0 Å². The number of hydrogen-bond donors (Lipinski definition) is 2. The fraction of sp³-hybridized carbons (Fsp3) is 0.857. The van der Waals surface area contributed by atoms with Gasteiger partial charge in [0.2, 0.25) is 11.8 Å². The highest BCUT2D eigenvalue weighted by Crippen LogP contribution is 2.33. The molecule has 0 rings (SSSR count). The van der Waals surface area contributed by atoms with Crippen LogP contribution in [0.25, 0.3) is 0 Å². The van der Waals surface area contributed by atoms with Crippen molar-refractivity contribution in [3.05, 3.63) is 0 Å². The van der Waals surface area contributed by atoms with E-state index in [0.717, 1.165) is 25.9 Å². The lowest BCUT2D eigenvalue weighted by Gasteiger charge is -2.30. The van der Waals surface area contributed by atoms with Crippen molar-refractivity contribution in [2.24, 2.45) is 16.9 Å². The van der Waals surface area contributed by atoms with Crippen molar-refractivity contribution in [2.45, 2.75) is 32.1 Å². The molecule has 0 saturated heterocycles. The van der Waals surface area contributed by atoms with Crippen LogP contribution in [0.4, 0.5) is 0 Å². The highest BCUT2D eigenvalue weighted by atomic mass is 16.2. The fourth-order valence-electron chi connectivity index (χ4n) is 2.44. The standard InChI is InChI=1S/C14H30N4O2/c1-17(2)9-5-7-14(13(16)20,11-12(15)19)8-6-10-18(3)4/h5-11H2,1-4H3,(H2,15,19)(H2,16,20). The second kappa shape index (κ2) is 8.92. The Morgan fingerprint density at radius 1 is 0.900 bits per heavy atom. The van der Waals surface area contributed by atoms with E-state index in [1.165, 1.54) is 0 Å². The molecule has 118 valence electrons. The summed E-state index contributed by atoms with van der Waals surface area (Å²) in [7, 11) is 7.91. The Balaban J connectivity index is 4.75. The minimum absolute atomic E-state index is 0.0448. The van der Waals surface area contributed by atoms with E-state index in [2.05, 4.69) is 9.80 Å². The Bertz CT molecular complexity index is 302. The smallest absolute Gasteiger partial charge is 0.224 e. The normalized spacial score (nSPS) is 12.1. The molecule has 20 heavy (non-hydrogen) atoms. The molecule has 0 aliphatic heterocycles. The maximum atomic E-state index is 11.9. The highest BCUT2D eigenvalue weighted by Gasteiger charge is 2.37. The molecule has 6 heteroatoms. The van der Waals surface area contributed by atoms with Gasteiger partial charge < -0.3 is 21.3 Å². The number of primary amides is 2. The number of rotatable bonds is 11. The van der Waals surface area contributed by atoms with Crippen LogP contribution < -0.4 is 11.5 Å². The second-order valence-corrected chi connectivity index (χ2v) is 6.10. The molecule has 4 N–H and O–H groups in total. The van der Waals surface area contributed by atoms with Crippen LogP contribution >= 0.6 is 0 Å². The lowest BCUT2D eigenvalue weighted by molar-refractivity contribution is -0.134. The second-order valence-electron chi connectivity index (χ2n) is 6.10. The molecule has 0 aliphatic carbocycles. The molecule has 0 spiro atoms. The third-order valence-corrected chi connectivity index (χ3v) is 3.56. The third kappa shape index (κ3) is 7.45. The summed E-state index contributed by atoms with van der Waals surface area (Å²) in [6, 6.07) is 0. The van der Waals surface area contributed by atoms with Gasteiger partial charge in [-0.25, -0.2) is 0 Å². The number of amides is 2. The summed E-state index contributed by atoms with van der Waals surface area (Å²) in [4.78, 5) is 27.3. The van der Waals surface area contributed by atoms with Gasteiger partial charge in [-0.3, -0.25) is 9.59 Å². The summed E-state index contributed by atoms with van der Waals surface area (Å²) in [5.41, 5.74) is 10.1. The Labute approximate surface area is 122 Å². The van der Waals surface area contributed by atoms with Crippen LogP contribution in [0.5, 0.6) is 0 Å². The van der Waals surface area contributed by atoms with Gasteiger partial charge in [0.05, 0.1) is 5.41 Å². The molecular weight excluding hydrogens is 256 g/mol. The SMILES string of the molecule is CN(C)CCCC(CCCN(C)C)(CC(N)=O)C(N)=O. The van der Waals surface area contributed by atoms with Crippen LogP contribution in [-0.2, 0) is 9.59 Å². The predicted octanol–water partition coefficient (Wildman–Crippen LogP) is 0.0171. The van der Waals surface area contributed by atoms with Crippen LogP contribution in [0.2, 0.25) is 0 Å². The Morgan fingerprint density at radius 3 is 1.55 bits per heavy atom. The van der Waals surface area contributed by atoms with E-state index >= 15 is 0 Å². The van der Waals surface area contributed by atoms with E-state index in [9.17, 15) is 9.59 Å². The first-order valence-electron chi connectivity index (χ1n) is 7.07. The Kier molecular flexibility index (Phi) is 8.41. The first kappa shape index (κ1) is 18.9. The lowest BCUT2D eigenvalue weighted by atomic mass is 9.75. The van der Waals surface area contributed by atoms with Gasteiger partial charge >= 0.3 is 0 Å². The van der Waals surface area contributed by atoms with Crippen LogP contribution in [0.1, 0.15) is 32.1 Å². The molecule has 2 amide bonds. The van der Waals surface area contributed by atoms with E-state index in [1.807, 2.05) is 28.2 Å². The summed E-state index contributed by atoms with van der Waals surface area (Å²) in [6.45, 7) is 1.73. The zero-order valence-electron chi connectivity index (χ0n) is 13.3. The van der Waals surface area contributed by atoms with Gasteiger partial charge in [-0.05, 0) is 67.0 Å². The van der Waals surface area contributed by atoms with E-state index in [-0.39, 0.29) is 6.42 Å². The van der Waals surface area contributed by atoms with Crippen molar-refractivity contribution in [1.29, 1.82) is 0 Å². The minimum Gasteiger partial charge on any atom is -0.370 e. The van der Waals surface area contributed by atoms with Crippen molar-refractivity contribution in [1.82, 2.24) is 9.80 Å². The number of nitrogens with two attached hydrogens (primary N) is 2. The molecule has 0 saturated carbocycles. The predicted molar refractivity (Wildman–Crippen MR) is 81.0 cm³/mol. The summed E-state index contributed by atoms with van der Waals surface area (Å²) in [5, 5.41) is 0. The minimum atomic E-state index is -0.794. The van der Waals surface area contributed by atoms with Gasteiger partial charge in [-0.2, -0.15) is 0 Å². The van der Waals surface area contributed by atoms with Gasteiger partial charge in [0.15, 0.2) is 0 Å². The van der Waals surface area contributed by atoms with Crippen molar-refractivity contribution < 1.29 is 9.59 Å². The molecule has 0 fully saturated rings. The molecular formula is C14H30N4O2. The average molecular weight is 286 g/mol. The maximum Gasteiger partial charge on any atom is 0.224 e. The molecule has 0 heterocycles. The molecule has 0 radical (unpaired) electrons. The number of hydrogen-bond acceptors (Lipinski definition) is 4. The number of nitrogens with zero attached hydrogens (tertiary/aromatic N) is 2. The number of carbonyl (C=O) groups is 2. The highest BCUT2D eigenvalue weighted by molar-refractivity contribution is 5.87. The fourth-order valence-corrected chi connectivity index (χ4v) is 2.44. The molecule has 0 aromatic carbocycles. The summed E-state index contributed by atoms with van der Waals surface area (Å²) >= 11 is 0. The van der Waals surface area contributed by atoms with E-state index in [4.69, 9.17) is 11.5 Å². The molecule has 0 aliphatic rings. The van der Waals surface area contributed by atoms with E-state index in [0.29, 0.717) is 12.8 Å². The van der Waals surface area contributed by atoms with Crippen molar-refractivity contribution in [2.75, 3.05) is 41.3 Å². The zero-order chi connectivity index (χ0) is 15.8. The monoisotopic (exact) mass is 286 g/mol. The molecule has 0 aromatic heterocycles. The van der Waals surface area contributed by atoms with Gasteiger partial charge in [0.1, 0.15) is 0 Å². The van der Waals surface area contributed by atoms with Crippen LogP contribution in [0.3, 0.4) is 0 Å².